The zero-order valence-corrected chi connectivity index (χ0v) is 10.5. The van der Waals surface area contributed by atoms with Gasteiger partial charge in [0.1, 0.15) is 0 Å². The quantitative estimate of drug-likeness (QED) is 0.503. The van der Waals surface area contributed by atoms with Crippen LogP contribution in [-0.2, 0) is 0 Å². The van der Waals surface area contributed by atoms with Gasteiger partial charge in [-0.3, -0.25) is 0 Å². The molecule has 0 saturated carbocycles. The van der Waals surface area contributed by atoms with Gasteiger partial charge in [0.25, 0.3) is 0 Å². The van der Waals surface area contributed by atoms with Crippen LogP contribution in [0, 0.1) is 0 Å². The van der Waals surface area contributed by atoms with Gasteiger partial charge in [-0.15, -0.1) is 5.75 Å². The topological polar surface area (TPSA) is 62.0 Å². The second-order valence-corrected chi connectivity index (χ2v) is 3.24. The molecule has 56 valence electrons. The Morgan fingerprint density at radius 3 is 2.92 bits per heavy atom. The van der Waals surface area contributed by atoms with Crippen LogP contribution in [0.15, 0.2) is 18.2 Å². The zero-order valence-electron chi connectivity index (χ0n) is 6.57. The first-order chi connectivity index (χ1) is 5.25. The van der Waals surface area contributed by atoms with Crippen LogP contribution in [0.4, 0.5) is 5.13 Å². The van der Waals surface area contributed by atoms with Crippen LogP contribution < -0.4 is 62.2 Å². The number of nitrogen functional groups attached to an aromatic ring is 1. The molecule has 3 nitrogen and oxygen atoms in total. The van der Waals surface area contributed by atoms with Crippen LogP contribution in [0.3, 0.4) is 0 Å². The average Bonchev–Trinajstić information content (AvgIpc) is 2.27. The molecule has 1 aromatic heterocycles. The van der Waals surface area contributed by atoms with Crippen molar-refractivity contribution < 1.29 is 56.5 Å². The van der Waals surface area contributed by atoms with E-state index in [0.717, 1.165) is 10.2 Å². The number of nitrogens with zero attached hydrogens (tertiary/aromatic N) is 1. The predicted molar refractivity (Wildman–Crippen MR) is 43.5 cm³/mol. The number of benzene rings is 1. The number of nitrogens with two attached hydrogens (primary N) is 1. The molecule has 0 atom stereocenters. The maximum Gasteiger partial charge on any atom is 1.00 e. The van der Waals surface area contributed by atoms with Crippen LogP contribution in [0.1, 0.15) is 0 Å². The van der Waals surface area contributed by atoms with E-state index in [-0.39, 0.29) is 57.1 Å². The van der Waals surface area contributed by atoms with E-state index in [1.165, 1.54) is 17.4 Å². The first-order valence-electron chi connectivity index (χ1n) is 3.09. The summed E-state index contributed by atoms with van der Waals surface area (Å²) in [6.45, 7) is 0. The van der Waals surface area contributed by atoms with Gasteiger partial charge in [-0.05, 0) is 6.07 Å². The third-order valence-corrected chi connectivity index (χ3v) is 2.22. The summed E-state index contributed by atoms with van der Waals surface area (Å²) in [5, 5.41) is 11.3. The fraction of sp³-hybridized carbons (Fsp3) is 0. The van der Waals surface area contributed by atoms with Gasteiger partial charge in [-0.2, -0.15) is 0 Å². The number of thiazole rings is 1. The molecular formula is C7H5KN2OS. The smallest absolute Gasteiger partial charge is 0.872 e. The largest absolute Gasteiger partial charge is 1.00 e. The Kier molecular flexibility index (Phi) is 3.51. The van der Waals surface area contributed by atoms with E-state index in [0.29, 0.717) is 5.13 Å². The minimum atomic E-state index is 0. The Bertz CT molecular complexity index is 401. The van der Waals surface area contributed by atoms with Gasteiger partial charge in [0, 0.05) is 0 Å². The molecule has 0 spiro atoms. The zero-order chi connectivity index (χ0) is 7.84. The third kappa shape index (κ3) is 1.98. The maximum atomic E-state index is 10.8. The van der Waals surface area contributed by atoms with Crippen molar-refractivity contribution in [3.63, 3.8) is 0 Å². The van der Waals surface area contributed by atoms with Crippen molar-refractivity contribution in [2.24, 2.45) is 0 Å². The van der Waals surface area contributed by atoms with E-state index >= 15 is 0 Å². The van der Waals surface area contributed by atoms with Gasteiger partial charge in [0.2, 0.25) is 0 Å². The minimum absolute atomic E-state index is 0. The Hall–Kier alpha value is 0.346. The number of hydrogen-bond acceptors (Lipinski definition) is 4. The second-order valence-electron chi connectivity index (χ2n) is 2.18. The first-order valence-corrected chi connectivity index (χ1v) is 3.90. The van der Waals surface area contributed by atoms with E-state index in [1.54, 1.807) is 12.1 Å². The van der Waals surface area contributed by atoms with Crippen molar-refractivity contribution in [3.8, 4) is 5.75 Å². The Morgan fingerprint density at radius 1 is 1.42 bits per heavy atom. The Balaban J connectivity index is 0.000000720. The van der Waals surface area contributed by atoms with E-state index in [4.69, 9.17) is 5.73 Å². The van der Waals surface area contributed by atoms with E-state index in [1.807, 2.05) is 0 Å². The van der Waals surface area contributed by atoms with Gasteiger partial charge >= 0.3 is 51.4 Å². The Labute approximate surface area is 116 Å². The van der Waals surface area contributed by atoms with E-state index in [9.17, 15) is 5.11 Å². The number of rotatable bonds is 0. The number of hydrogen-bond donors (Lipinski definition) is 1. The van der Waals surface area contributed by atoms with Gasteiger partial charge in [0.15, 0.2) is 5.13 Å². The van der Waals surface area contributed by atoms with Crippen LogP contribution in [0.2, 0.25) is 0 Å². The molecule has 2 aromatic rings. The molecule has 0 saturated heterocycles. The molecule has 2 rings (SSSR count). The van der Waals surface area contributed by atoms with Crippen LogP contribution in [0.25, 0.3) is 10.2 Å². The van der Waals surface area contributed by atoms with Crippen molar-refractivity contribution in [2.75, 3.05) is 5.73 Å². The summed E-state index contributed by atoms with van der Waals surface area (Å²) in [4.78, 5) is 4.01. The average molecular weight is 204 g/mol. The molecular weight excluding hydrogens is 199 g/mol. The summed E-state index contributed by atoms with van der Waals surface area (Å²) in [5.41, 5.74) is 6.24. The molecule has 0 aliphatic heterocycles. The molecule has 1 heterocycles. The second kappa shape index (κ2) is 4.04. The van der Waals surface area contributed by atoms with E-state index < -0.39 is 0 Å². The summed E-state index contributed by atoms with van der Waals surface area (Å²) in [7, 11) is 0. The van der Waals surface area contributed by atoms with Crippen LogP contribution >= 0.6 is 11.3 Å². The Morgan fingerprint density at radius 2 is 2.17 bits per heavy atom. The molecule has 0 fully saturated rings. The molecule has 1 aromatic carbocycles. The summed E-state index contributed by atoms with van der Waals surface area (Å²) < 4.78 is 0.856. The molecule has 0 radical (unpaired) electrons. The normalized spacial score (nSPS) is 9.67. The maximum absolute atomic E-state index is 10.8. The number of aromatic nitrogens is 1. The van der Waals surface area contributed by atoms with Crippen LogP contribution in [0.5, 0.6) is 5.75 Å². The fourth-order valence-electron chi connectivity index (χ4n) is 0.923. The first kappa shape index (κ1) is 10.4. The molecule has 0 amide bonds. The summed E-state index contributed by atoms with van der Waals surface area (Å²) in [6, 6.07) is 4.72. The SMILES string of the molecule is Nc1nc2ccc([O-])cc2s1.[K+]. The molecule has 0 bridgehead atoms. The van der Waals surface area contributed by atoms with Crippen LogP contribution in [-0.4, -0.2) is 4.98 Å². The van der Waals surface area contributed by atoms with Crippen molar-refractivity contribution >= 4 is 26.7 Å². The monoisotopic (exact) mass is 204 g/mol. The molecule has 12 heavy (non-hydrogen) atoms. The number of fused-ring (bicyclic) bond motifs is 1. The number of anilines is 1. The van der Waals surface area contributed by atoms with Crippen molar-refractivity contribution in [3.05, 3.63) is 18.2 Å². The molecule has 0 unspecified atom stereocenters. The molecule has 0 aliphatic rings. The fourth-order valence-corrected chi connectivity index (χ4v) is 1.69. The predicted octanol–water partition coefficient (Wildman–Crippen LogP) is -2.04. The molecule has 0 aliphatic carbocycles. The van der Waals surface area contributed by atoms with Crippen molar-refractivity contribution in [2.45, 2.75) is 0 Å². The van der Waals surface area contributed by atoms with Gasteiger partial charge < -0.3 is 10.8 Å². The summed E-state index contributed by atoms with van der Waals surface area (Å²) in [6.07, 6.45) is 0. The van der Waals surface area contributed by atoms with Crippen molar-refractivity contribution in [1.29, 1.82) is 0 Å². The standard InChI is InChI=1S/C7H6N2OS.K/c8-7-9-5-2-1-4(10)3-6(5)11-7;/h1-3,10H,(H2,8,9);/q;+1/p-1. The minimum Gasteiger partial charge on any atom is -0.872 e. The van der Waals surface area contributed by atoms with Crippen molar-refractivity contribution in [1.82, 2.24) is 4.98 Å². The third-order valence-electron chi connectivity index (χ3n) is 1.38. The molecule has 5 heteroatoms. The van der Waals surface area contributed by atoms with E-state index in [2.05, 4.69) is 4.98 Å². The van der Waals surface area contributed by atoms with Gasteiger partial charge in [-0.1, -0.05) is 23.5 Å². The van der Waals surface area contributed by atoms with Gasteiger partial charge in [-0.25, -0.2) is 4.98 Å². The van der Waals surface area contributed by atoms with Gasteiger partial charge in [0.05, 0.1) is 10.2 Å². The summed E-state index contributed by atoms with van der Waals surface area (Å²) in [5.74, 6) is 0.00106. The molecule has 2 N–H and O–H groups in total. The summed E-state index contributed by atoms with van der Waals surface area (Å²) >= 11 is 1.33.